The number of carbonyl (C=O) groups is 2. The van der Waals surface area contributed by atoms with Crippen molar-refractivity contribution in [3.05, 3.63) is 71.8 Å². The predicted octanol–water partition coefficient (Wildman–Crippen LogP) is 3.07. The lowest BCUT2D eigenvalue weighted by Gasteiger charge is -2.22. The molecule has 2 rings (SSSR count). The van der Waals surface area contributed by atoms with Crippen LogP contribution < -0.4 is 0 Å². The summed E-state index contributed by atoms with van der Waals surface area (Å²) < 4.78 is 0. The molecule has 1 unspecified atom stereocenters. The normalized spacial score (nSPS) is 12.1. The summed E-state index contributed by atoms with van der Waals surface area (Å²) in [6.45, 7) is 0. The van der Waals surface area contributed by atoms with Crippen molar-refractivity contribution in [3.63, 3.8) is 0 Å². The molecule has 108 valence electrons. The smallest absolute Gasteiger partial charge is 0.180 e. The highest BCUT2D eigenvalue weighted by Gasteiger charge is 2.25. The molecule has 0 aliphatic heterocycles. The Balaban J connectivity index is 2.17. The Bertz CT molecular complexity index is 606. The van der Waals surface area contributed by atoms with Crippen LogP contribution in [0.1, 0.15) is 27.1 Å². The molecule has 2 aromatic rings. The van der Waals surface area contributed by atoms with Crippen LogP contribution in [-0.2, 0) is 0 Å². The van der Waals surface area contributed by atoms with Crippen LogP contribution in [0.25, 0.3) is 0 Å². The van der Waals surface area contributed by atoms with Crippen molar-refractivity contribution < 1.29 is 9.59 Å². The number of nitrogens with zero attached hydrogens (tertiary/aromatic N) is 1. The van der Waals surface area contributed by atoms with E-state index >= 15 is 0 Å². The summed E-state index contributed by atoms with van der Waals surface area (Å²) in [5.41, 5.74) is 1.28. The van der Waals surface area contributed by atoms with E-state index in [1.807, 2.05) is 50.5 Å². The highest BCUT2D eigenvalue weighted by Crippen LogP contribution is 2.14. The van der Waals surface area contributed by atoms with Gasteiger partial charge in [0, 0.05) is 17.5 Å². The molecule has 0 N–H and O–H groups in total. The Kier molecular flexibility index (Phi) is 5.01. The second-order valence-corrected chi connectivity index (χ2v) is 5.20. The van der Waals surface area contributed by atoms with Crippen molar-refractivity contribution in [1.29, 1.82) is 0 Å². The maximum Gasteiger partial charge on any atom is 0.180 e. The molecule has 21 heavy (non-hydrogen) atoms. The molecular formula is C18H19NO2. The van der Waals surface area contributed by atoms with Gasteiger partial charge in [0.1, 0.15) is 0 Å². The van der Waals surface area contributed by atoms with Crippen LogP contribution in [0.2, 0.25) is 0 Å². The fourth-order valence-corrected chi connectivity index (χ4v) is 2.22. The van der Waals surface area contributed by atoms with E-state index in [0.717, 1.165) is 0 Å². The first-order valence-corrected chi connectivity index (χ1v) is 6.93. The largest absolute Gasteiger partial charge is 0.299 e. The number of Topliss-reactive ketones (excluding diaryl/α,β-unsaturated/α-hetero) is 2. The molecular weight excluding hydrogens is 262 g/mol. The molecule has 0 saturated carbocycles. The third kappa shape index (κ3) is 3.86. The van der Waals surface area contributed by atoms with Crippen LogP contribution in [0.15, 0.2) is 60.7 Å². The monoisotopic (exact) mass is 281 g/mol. The number of carbonyl (C=O) groups excluding carboxylic acids is 2. The molecule has 3 nitrogen and oxygen atoms in total. The van der Waals surface area contributed by atoms with Gasteiger partial charge in [-0.25, -0.2) is 0 Å². The Hall–Kier alpha value is -2.26. The second kappa shape index (κ2) is 6.95. The van der Waals surface area contributed by atoms with Gasteiger partial charge in [-0.1, -0.05) is 60.7 Å². The molecule has 1 atom stereocenters. The fraction of sp³-hybridized carbons (Fsp3) is 0.222. The number of hydrogen-bond donors (Lipinski definition) is 0. The van der Waals surface area contributed by atoms with Crippen molar-refractivity contribution in [2.24, 2.45) is 0 Å². The molecule has 0 aliphatic carbocycles. The standard InChI is InChI=1S/C18H19NO2/c1-19(2)16(18(21)15-11-7-4-8-12-15)13-17(20)14-9-5-3-6-10-14/h3-12,16H,13H2,1-2H3. The molecule has 0 aromatic heterocycles. The molecule has 0 heterocycles. The van der Waals surface area contributed by atoms with E-state index in [0.29, 0.717) is 11.1 Å². The Morgan fingerprint density at radius 2 is 1.33 bits per heavy atom. The van der Waals surface area contributed by atoms with Crippen molar-refractivity contribution in [1.82, 2.24) is 4.90 Å². The van der Waals surface area contributed by atoms with E-state index in [9.17, 15) is 9.59 Å². The molecule has 0 radical (unpaired) electrons. The van der Waals surface area contributed by atoms with Gasteiger partial charge in [-0.15, -0.1) is 0 Å². The van der Waals surface area contributed by atoms with E-state index in [4.69, 9.17) is 0 Å². The third-order valence-electron chi connectivity index (χ3n) is 3.46. The van der Waals surface area contributed by atoms with Crippen molar-refractivity contribution in [2.45, 2.75) is 12.5 Å². The van der Waals surface area contributed by atoms with Crippen LogP contribution in [0.4, 0.5) is 0 Å². The molecule has 0 saturated heterocycles. The SMILES string of the molecule is CN(C)C(CC(=O)c1ccccc1)C(=O)c1ccccc1. The Labute approximate surface area is 125 Å². The number of benzene rings is 2. The lowest BCUT2D eigenvalue weighted by atomic mass is 9.96. The van der Waals surface area contributed by atoms with Gasteiger partial charge in [-0.2, -0.15) is 0 Å². The summed E-state index contributed by atoms with van der Waals surface area (Å²) in [5, 5.41) is 0. The minimum Gasteiger partial charge on any atom is -0.299 e. The minimum atomic E-state index is -0.444. The molecule has 0 amide bonds. The van der Waals surface area contributed by atoms with Crippen LogP contribution in [0.3, 0.4) is 0 Å². The third-order valence-corrected chi connectivity index (χ3v) is 3.46. The van der Waals surface area contributed by atoms with Crippen LogP contribution in [0.5, 0.6) is 0 Å². The molecule has 3 heteroatoms. The number of likely N-dealkylation sites (N-methyl/N-ethyl adjacent to an activating group) is 1. The topological polar surface area (TPSA) is 37.4 Å². The van der Waals surface area contributed by atoms with E-state index in [1.54, 1.807) is 29.2 Å². The average Bonchev–Trinajstić information content (AvgIpc) is 2.53. The maximum atomic E-state index is 12.6. The summed E-state index contributed by atoms with van der Waals surface area (Å²) in [6, 6.07) is 17.7. The van der Waals surface area contributed by atoms with Crippen LogP contribution >= 0.6 is 0 Å². The van der Waals surface area contributed by atoms with Gasteiger partial charge < -0.3 is 0 Å². The van der Waals surface area contributed by atoms with Crippen LogP contribution in [0, 0.1) is 0 Å². The molecule has 0 fully saturated rings. The van der Waals surface area contributed by atoms with Gasteiger partial charge in [-0.3, -0.25) is 14.5 Å². The van der Waals surface area contributed by atoms with E-state index in [-0.39, 0.29) is 18.0 Å². The second-order valence-electron chi connectivity index (χ2n) is 5.20. The number of ketones is 2. The predicted molar refractivity (Wildman–Crippen MR) is 83.6 cm³/mol. The van der Waals surface area contributed by atoms with Crippen LogP contribution in [-0.4, -0.2) is 36.6 Å². The summed E-state index contributed by atoms with van der Waals surface area (Å²) in [7, 11) is 3.65. The van der Waals surface area contributed by atoms with Gasteiger partial charge in [-0.05, 0) is 14.1 Å². The number of hydrogen-bond acceptors (Lipinski definition) is 3. The zero-order valence-electron chi connectivity index (χ0n) is 12.3. The highest BCUT2D eigenvalue weighted by molar-refractivity contribution is 6.05. The fourth-order valence-electron chi connectivity index (χ4n) is 2.22. The molecule has 0 spiro atoms. The first-order valence-electron chi connectivity index (χ1n) is 6.93. The summed E-state index contributed by atoms with van der Waals surface area (Å²) in [6.07, 6.45) is 0.185. The van der Waals surface area contributed by atoms with Gasteiger partial charge in [0.25, 0.3) is 0 Å². The van der Waals surface area contributed by atoms with Gasteiger partial charge in [0.05, 0.1) is 6.04 Å². The summed E-state index contributed by atoms with van der Waals surface area (Å²) >= 11 is 0. The van der Waals surface area contributed by atoms with Gasteiger partial charge >= 0.3 is 0 Å². The highest BCUT2D eigenvalue weighted by atomic mass is 16.1. The van der Waals surface area contributed by atoms with Crippen molar-refractivity contribution in [2.75, 3.05) is 14.1 Å². The Morgan fingerprint density at radius 3 is 1.81 bits per heavy atom. The first-order chi connectivity index (χ1) is 10.1. The van der Waals surface area contributed by atoms with Gasteiger partial charge in [0.15, 0.2) is 11.6 Å². The molecule has 2 aromatic carbocycles. The molecule has 0 bridgehead atoms. The Morgan fingerprint density at radius 1 is 0.857 bits per heavy atom. The lowest BCUT2D eigenvalue weighted by molar-refractivity contribution is 0.0807. The minimum absolute atomic E-state index is 0.0152. The summed E-state index contributed by atoms with van der Waals surface area (Å²) in [5.74, 6) is -0.0385. The van der Waals surface area contributed by atoms with E-state index < -0.39 is 6.04 Å². The van der Waals surface area contributed by atoms with E-state index in [1.165, 1.54) is 0 Å². The zero-order chi connectivity index (χ0) is 15.2. The van der Waals surface area contributed by atoms with E-state index in [2.05, 4.69) is 0 Å². The summed E-state index contributed by atoms with van der Waals surface area (Å²) in [4.78, 5) is 26.7. The van der Waals surface area contributed by atoms with Crippen molar-refractivity contribution >= 4 is 11.6 Å². The number of rotatable bonds is 6. The van der Waals surface area contributed by atoms with Gasteiger partial charge in [0.2, 0.25) is 0 Å². The van der Waals surface area contributed by atoms with Crippen molar-refractivity contribution in [3.8, 4) is 0 Å². The quantitative estimate of drug-likeness (QED) is 0.764. The first kappa shape index (κ1) is 15.1. The lowest BCUT2D eigenvalue weighted by Crippen LogP contribution is -2.37. The maximum absolute atomic E-state index is 12.6. The average molecular weight is 281 g/mol. The molecule has 0 aliphatic rings. The zero-order valence-corrected chi connectivity index (χ0v) is 12.3.